The maximum atomic E-state index is 12.9. The number of ether oxygens (including phenoxy) is 1. The number of nitrogens with zero attached hydrogens (tertiary/aromatic N) is 2. The van der Waals surface area contributed by atoms with Gasteiger partial charge in [0.25, 0.3) is 11.5 Å². The highest BCUT2D eigenvalue weighted by atomic mass is 35.5. The van der Waals surface area contributed by atoms with E-state index in [1.54, 1.807) is 38.1 Å². The number of methoxy groups -OCH3 is 1. The van der Waals surface area contributed by atoms with Crippen LogP contribution in [0.3, 0.4) is 0 Å². The van der Waals surface area contributed by atoms with E-state index in [2.05, 4.69) is 10.4 Å². The molecule has 140 valence electrons. The van der Waals surface area contributed by atoms with E-state index < -0.39 is 5.54 Å². The zero-order valence-corrected chi connectivity index (χ0v) is 16.6. The van der Waals surface area contributed by atoms with Gasteiger partial charge in [-0.15, -0.1) is 11.3 Å². The largest absolute Gasteiger partial charge is 0.495 e. The molecule has 0 radical (unpaired) electrons. The summed E-state index contributed by atoms with van der Waals surface area (Å²) in [5.41, 5.74) is -0.431. The van der Waals surface area contributed by atoms with Crippen molar-refractivity contribution < 1.29 is 9.53 Å². The molecular formula is C19H18ClN3O3S. The molecule has 0 atom stereocenters. The lowest BCUT2D eigenvalue weighted by molar-refractivity contribution is -0.123. The van der Waals surface area contributed by atoms with E-state index >= 15 is 0 Å². The standard InChI is InChI=1S/C19H18ClN3O3S/c1-19(2,18(25)21-12-6-8-15(26-3)13(20)11-12)23-17(24)9-7-14(22-23)16-5-4-10-27-16/h4-11H,1-3H3,(H,21,25). The highest BCUT2D eigenvalue weighted by Crippen LogP contribution is 2.28. The summed E-state index contributed by atoms with van der Waals surface area (Å²) < 4.78 is 6.30. The third-order valence-electron chi connectivity index (χ3n) is 4.07. The van der Waals surface area contributed by atoms with Gasteiger partial charge in [-0.1, -0.05) is 17.7 Å². The molecule has 0 aliphatic carbocycles. The van der Waals surface area contributed by atoms with E-state index in [0.29, 0.717) is 22.2 Å². The highest BCUT2D eigenvalue weighted by molar-refractivity contribution is 7.13. The lowest BCUT2D eigenvalue weighted by Crippen LogP contribution is -2.47. The molecule has 2 aromatic heterocycles. The fourth-order valence-corrected chi connectivity index (χ4v) is 3.44. The van der Waals surface area contributed by atoms with Gasteiger partial charge in [0, 0.05) is 11.8 Å². The van der Waals surface area contributed by atoms with Gasteiger partial charge in [0.05, 0.1) is 17.0 Å². The van der Waals surface area contributed by atoms with Gasteiger partial charge < -0.3 is 10.1 Å². The Labute approximate surface area is 165 Å². The summed E-state index contributed by atoms with van der Waals surface area (Å²) in [4.78, 5) is 26.2. The molecule has 6 nitrogen and oxygen atoms in total. The van der Waals surface area contributed by atoms with E-state index in [1.165, 1.54) is 29.2 Å². The molecule has 2 heterocycles. The smallest absolute Gasteiger partial charge is 0.267 e. The second-order valence-corrected chi connectivity index (χ2v) is 7.66. The Hall–Kier alpha value is -2.64. The van der Waals surface area contributed by atoms with Crippen LogP contribution in [0, 0.1) is 0 Å². The molecule has 1 aromatic carbocycles. The Balaban J connectivity index is 1.91. The van der Waals surface area contributed by atoms with Crippen molar-refractivity contribution in [2.45, 2.75) is 19.4 Å². The highest BCUT2D eigenvalue weighted by Gasteiger charge is 2.32. The fourth-order valence-electron chi connectivity index (χ4n) is 2.49. The second kappa shape index (κ2) is 7.54. The number of hydrogen-bond donors (Lipinski definition) is 1. The molecule has 8 heteroatoms. The molecule has 27 heavy (non-hydrogen) atoms. The average molecular weight is 404 g/mol. The van der Waals surface area contributed by atoms with Crippen LogP contribution in [-0.2, 0) is 10.3 Å². The monoisotopic (exact) mass is 403 g/mol. The molecule has 0 fully saturated rings. The number of carbonyl (C=O) groups excluding carboxylic acids is 1. The number of carbonyl (C=O) groups is 1. The summed E-state index contributed by atoms with van der Waals surface area (Å²) in [6.07, 6.45) is 0. The van der Waals surface area contributed by atoms with Crippen LogP contribution >= 0.6 is 22.9 Å². The molecule has 1 N–H and O–H groups in total. The first-order valence-corrected chi connectivity index (χ1v) is 9.38. The minimum atomic E-state index is -1.21. The summed E-state index contributed by atoms with van der Waals surface area (Å²) in [6, 6.07) is 11.8. The number of thiophene rings is 1. The number of benzene rings is 1. The number of hydrogen-bond acceptors (Lipinski definition) is 5. The predicted octanol–water partition coefficient (Wildman–Crippen LogP) is 4.01. The first-order chi connectivity index (χ1) is 12.8. The summed E-state index contributed by atoms with van der Waals surface area (Å²) in [5.74, 6) is 0.122. The molecule has 3 rings (SSSR count). The fraction of sp³-hybridized carbons (Fsp3) is 0.211. The number of anilines is 1. The van der Waals surface area contributed by atoms with Crippen molar-refractivity contribution in [3.63, 3.8) is 0 Å². The first kappa shape index (κ1) is 19.1. The number of rotatable bonds is 5. The third kappa shape index (κ3) is 3.89. The number of amides is 1. The molecule has 0 aliphatic heterocycles. The summed E-state index contributed by atoms with van der Waals surface area (Å²) in [5, 5.41) is 9.49. The lowest BCUT2D eigenvalue weighted by Gasteiger charge is -2.25. The minimum absolute atomic E-state index is 0.358. The van der Waals surface area contributed by atoms with Gasteiger partial charge in [-0.3, -0.25) is 9.59 Å². The minimum Gasteiger partial charge on any atom is -0.495 e. The summed E-state index contributed by atoms with van der Waals surface area (Å²) in [6.45, 7) is 3.28. The second-order valence-electron chi connectivity index (χ2n) is 6.31. The molecule has 1 amide bonds. The van der Waals surface area contributed by atoms with Gasteiger partial charge in [-0.05, 0) is 49.6 Å². The molecule has 0 bridgehead atoms. The van der Waals surface area contributed by atoms with Gasteiger partial charge in [0.2, 0.25) is 0 Å². The maximum Gasteiger partial charge on any atom is 0.267 e. The Morgan fingerprint density at radius 1 is 1.26 bits per heavy atom. The zero-order chi connectivity index (χ0) is 19.6. The van der Waals surface area contributed by atoms with Crippen LogP contribution in [0.5, 0.6) is 5.75 Å². The van der Waals surface area contributed by atoms with Crippen molar-refractivity contribution in [2.75, 3.05) is 12.4 Å². The van der Waals surface area contributed by atoms with Crippen LogP contribution in [0.4, 0.5) is 5.69 Å². The lowest BCUT2D eigenvalue weighted by atomic mass is 10.0. The van der Waals surface area contributed by atoms with Crippen LogP contribution in [0.2, 0.25) is 5.02 Å². The molecule has 0 saturated carbocycles. The Kier molecular flexibility index (Phi) is 5.34. The van der Waals surface area contributed by atoms with Crippen LogP contribution in [0.15, 0.2) is 52.6 Å². The maximum absolute atomic E-state index is 12.9. The predicted molar refractivity (Wildman–Crippen MR) is 108 cm³/mol. The Morgan fingerprint density at radius 2 is 2.04 bits per heavy atom. The van der Waals surface area contributed by atoms with Crippen molar-refractivity contribution in [3.8, 4) is 16.3 Å². The normalized spacial score (nSPS) is 11.3. The van der Waals surface area contributed by atoms with Crippen molar-refractivity contribution in [1.82, 2.24) is 9.78 Å². The van der Waals surface area contributed by atoms with Crippen LogP contribution in [-0.4, -0.2) is 22.8 Å². The average Bonchev–Trinajstić information content (AvgIpc) is 3.16. The van der Waals surface area contributed by atoms with Crippen molar-refractivity contribution in [1.29, 1.82) is 0 Å². The first-order valence-electron chi connectivity index (χ1n) is 8.12. The van der Waals surface area contributed by atoms with Crippen molar-refractivity contribution >= 4 is 34.5 Å². The Morgan fingerprint density at radius 3 is 2.67 bits per heavy atom. The molecule has 0 aliphatic rings. The topological polar surface area (TPSA) is 73.2 Å². The summed E-state index contributed by atoms with van der Waals surface area (Å²) in [7, 11) is 1.52. The number of aromatic nitrogens is 2. The van der Waals surface area contributed by atoms with Gasteiger partial charge >= 0.3 is 0 Å². The molecular weight excluding hydrogens is 386 g/mol. The van der Waals surface area contributed by atoms with E-state index in [4.69, 9.17) is 16.3 Å². The Bertz CT molecular complexity index is 1030. The number of nitrogens with one attached hydrogen (secondary N) is 1. The molecule has 3 aromatic rings. The van der Waals surface area contributed by atoms with E-state index in [9.17, 15) is 9.59 Å². The molecule has 0 unspecified atom stereocenters. The van der Waals surface area contributed by atoms with Gasteiger partial charge in [0.15, 0.2) is 0 Å². The van der Waals surface area contributed by atoms with Crippen molar-refractivity contribution in [2.24, 2.45) is 0 Å². The quantitative estimate of drug-likeness (QED) is 0.698. The SMILES string of the molecule is COc1ccc(NC(=O)C(C)(C)n2nc(-c3cccs3)ccc2=O)cc1Cl. The molecule has 0 spiro atoms. The van der Waals surface area contributed by atoms with Gasteiger partial charge in [-0.25, -0.2) is 4.68 Å². The van der Waals surface area contributed by atoms with E-state index in [1.807, 2.05) is 17.5 Å². The third-order valence-corrected chi connectivity index (χ3v) is 5.26. The van der Waals surface area contributed by atoms with Gasteiger partial charge in [-0.2, -0.15) is 5.10 Å². The van der Waals surface area contributed by atoms with E-state index in [-0.39, 0.29) is 11.5 Å². The summed E-state index contributed by atoms with van der Waals surface area (Å²) >= 11 is 7.62. The van der Waals surface area contributed by atoms with Crippen LogP contribution in [0.1, 0.15) is 13.8 Å². The molecule has 0 saturated heterocycles. The van der Waals surface area contributed by atoms with E-state index in [0.717, 1.165) is 4.88 Å². The van der Waals surface area contributed by atoms with Crippen molar-refractivity contribution in [3.05, 3.63) is 63.2 Å². The van der Waals surface area contributed by atoms with Crippen LogP contribution in [0.25, 0.3) is 10.6 Å². The number of halogens is 1. The van der Waals surface area contributed by atoms with Crippen LogP contribution < -0.4 is 15.6 Å². The van der Waals surface area contributed by atoms with Gasteiger partial charge in [0.1, 0.15) is 17.0 Å². The zero-order valence-electron chi connectivity index (χ0n) is 15.0.